The summed E-state index contributed by atoms with van der Waals surface area (Å²) in [7, 11) is 3.10. The van der Waals surface area contributed by atoms with E-state index in [4.69, 9.17) is 29.9 Å². The zero-order valence-electron chi connectivity index (χ0n) is 24.8. The van der Waals surface area contributed by atoms with Crippen LogP contribution in [-0.2, 0) is 14.3 Å². The summed E-state index contributed by atoms with van der Waals surface area (Å²) in [5.41, 5.74) is 8.43. The average molecular weight is 602 g/mol. The maximum atomic E-state index is 12.9. The van der Waals surface area contributed by atoms with Gasteiger partial charge in [0.05, 0.1) is 26.5 Å². The molecule has 0 unspecified atom stereocenters. The lowest BCUT2D eigenvalue weighted by Gasteiger charge is -2.31. The molecule has 2 amide bonds. The number of anilines is 3. The van der Waals surface area contributed by atoms with E-state index in [1.807, 2.05) is 36.5 Å². The van der Waals surface area contributed by atoms with Crippen molar-refractivity contribution < 1.29 is 28.6 Å². The van der Waals surface area contributed by atoms with Gasteiger partial charge in [0.2, 0.25) is 5.95 Å². The molecule has 13 heteroatoms. The van der Waals surface area contributed by atoms with Gasteiger partial charge < -0.3 is 35.5 Å². The molecular weight excluding hydrogens is 566 g/mol. The molecule has 3 heterocycles. The molecule has 0 atom stereocenters. The highest BCUT2D eigenvalue weighted by molar-refractivity contribution is 6.32. The fourth-order valence-electron chi connectivity index (χ4n) is 5.14. The van der Waals surface area contributed by atoms with Gasteiger partial charge >= 0.3 is 11.9 Å². The monoisotopic (exact) mass is 601 g/mol. The summed E-state index contributed by atoms with van der Waals surface area (Å²) < 4.78 is 17.4. The van der Waals surface area contributed by atoms with Gasteiger partial charge in [0, 0.05) is 55.3 Å². The van der Waals surface area contributed by atoms with Gasteiger partial charge in [0.25, 0.3) is 5.91 Å². The number of piperidine rings is 1. The molecule has 4 aromatic rings. The molecule has 0 bridgehead atoms. The van der Waals surface area contributed by atoms with Gasteiger partial charge in [-0.1, -0.05) is 30.3 Å². The fourth-order valence-corrected chi connectivity index (χ4v) is 5.14. The highest BCUT2D eigenvalue weighted by Crippen LogP contribution is 2.32. The number of nitrogens with two attached hydrogens (primary N) is 1. The molecule has 5 rings (SSSR count). The summed E-state index contributed by atoms with van der Waals surface area (Å²) in [6.07, 6.45) is 3.19. The normalized spacial score (nSPS) is 13.4. The van der Waals surface area contributed by atoms with Crippen LogP contribution in [0.4, 0.5) is 17.5 Å². The second kappa shape index (κ2) is 13.3. The minimum atomic E-state index is -0.826. The Hall–Kier alpha value is -5.33. The third-order valence-electron chi connectivity index (χ3n) is 7.44. The van der Waals surface area contributed by atoms with Crippen molar-refractivity contribution >= 4 is 40.9 Å². The van der Waals surface area contributed by atoms with Crippen molar-refractivity contribution in [1.29, 1.82) is 0 Å². The predicted octanol–water partition coefficient (Wildman–Crippen LogP) is 3.47. The lowest BCUT2D eigenvalue weighted by atomic mass is 9.97. The molecule has 230 valence electrons. The highest BCUT2D eigenvalue weighted by Gasteiger charge is 2.28. The summed E-state index contributed by atoms with van der Waals surface area (Å²) in [4.78, 5) is 48.2. The van der Waals surface area contributed by atoms with Crippen molar-refractivity contribution in [2.45, 2.75) is 19.8 Å². The average Bonchev–Trinajstić information content (AvgIpc) is 3.49. The van der Waals surface area contributed by atoms with Crippen molar-refractivity contribution in [3.8, 4) is 22.8 Å². The van der Waals surface area contributed by atoms with E-state index in [0.717, 1.165) is 5.56 Å². The van der Waals surface area contributed by atoms with Crippen LogP contribution >= 0.6 is 0 Å². The summed E-state index contributed by atoms with van der Waals surface area (Å²) in [5.74, 6) is -0.183. The van der Waals surface area contributed by atoms with E-state index in [1.54, 1.807) is 43.7 Å². The van der Waals surface area contributed by atoms with Gasteiger partial charge in [-0.3, -0.25) is 14.0 Å². The van der Waals surface area contributed by atoms with Crippen LogP contribution < -0.4 is 25.8 Å². The Morgan fingerprint density at radius 1 is 1.00 bits per heavy atom. The molecule has 1 aliphatic rings. The number of methoxy groups -OCH3 is 2. The zero-order valence-corrected chi connectivity index (χ0v) is 24.8. The SMILES string of the molecule is CCOC(=O)C(=O)N1CCC(CNc2nc(Nc3cc(OC)cc(OC)c3)c(C(N)=O)c3nc(-c4ccccc4)cn23)CC1. The molecule has 1 aliphatic heterocycles. The largest absolute Gasteiger partial charge is 0.497 e. The van der Waals surface area contributed by atoms with Crippen LogP contribution in [0.25, 0.3) is 16.9 Å². The molecule has 13 nitrogen and oxygen atoms in total. The maximum Gasteiger partial charge on any atom is 0.397 e. The number of rotatable bonds is 10. The first-order valence-electron chi connectivity index (χ1n) is 14.3. The van der Waals surface area contributed by atoms with Crippen LogP contribution in [-0.4, -0.2) is 77.5 Å². The number of hydrogen-bond acceptors (Lipinski definition) is 10. The summed E-state index contributed by atoms with van der Waals surface area (Å²) >= 11 is 0. The topological polar surface area (TPSA) is 162 Å². The molecule has 0 aliphatic carbocycles. The number of carbonyl (C=O) groups excluding carboxylic acids is 3. The van der Waals surface area contributed by atoms with Crippen molar-refractivity contribution in [2.24, 2.45) is 11.7 Å². The molecule has 1 fully saturated rings. The van der Waals surface area contributed by atoms with E-state index < -0.39 is 17.8 Å². The van der Waals surface area contributed by atoms with Crippen LogP contribution in [0, 0.1) is 5.92 Å². The smallest absolute Gasteiger partial charge is 0.397 e. The van der Waals surface area contributed by atoms with Crippen molar-refractivity contribution in [3.05, 3.63) is 60.3 Å². The van der Waals surface area contributed by atoms with E-state index in [2.05, 4.69) is 10.6 Å². The molecule has 0 spiro atoms. The molecule has 4 N–H and O–H groups in total. The molecule has 2 aromatic carbocycles. The van der Waals surface area contributed by atoms with E-state index in [-0.39, 0.29) is 23.9 Å². The Labute approximate surface area is 254 Å². The number of nitrogens with one attached hydrogen (secondary N) is 2. The quantitative estimate of drug-likeness (QED) is 0.181. The van der Waals surface area contributed by atoms with Crippen molar-refractivity contribution in [2.75, 3.05) is 51.1 Å². The second-order valence-corrected chi connectivity index (χ2v) is 10.3. The summed E-state index contributed by atoms with van der Waals surface area (Å²) in [6, 6.07) is 14.8. The third-order valence-corrected chi connectivity index (χ3v) is 7.44. The number of amides is 2. The maximum absolute atomic E-state index is 12.9. The molecule has 1 saturated heterocycles. The highest BCUT2D eigenvalue weighted by atomic mass is 16.5. The van der Waals surface area contributed by atoms with E-state index in [9.17, 15) is 14.4 Å². The van der Waals surface area contributed by atoms with Crippen LogP contribution in [0.15, 0.2) is 54.7 Å². The van der Waals surface area contributed by atoms with Crippen LogP contribution in [0.3, 0.4) is 0 Å². The van der Waals surface area contributed by atoms with Crippen molar-refractivity contribution in [3.63, 3.8) is 0 Å². The van der Waals surface area contributed by atoms with Crippen LogP contribution in [0.2, 0.25) is 0 Å². The van der Waals surface area contributed by atoms with E-state index >= 15 is 0 Å². The molecule has 0 saturated carbocycles. The number of hydrogen-bond donors (Lipinski definition) is 3. The Morgan fingerprint density at radius 3 is 2.30 bits per heavy atom. The minimum Gasteiger partial charge on any atom is -0.497 e. The third kappa shape index (κ3) is 6.51. The zero-order chi connectivity index (χ0) is 31.2. The van der Waals surface area contributed by atoms with Crippen LogP contribution in [0.5, 0.6) is 11.5 Å². The molecule has 2 aromatic heterocycles. The minimum absolute atomic E-state index is 0.116. The van der Waals surface area contributed by atoms with Crippen molar-refractivity contribution in [1.82, 2.24) is 19.3 Å². The number of aromatic nitrogens is 3. The number of ether oxygens (including phenoxy) is 3. The second-order valence-electron chi connectivity index (χ2n) is 10.3. The van der Waals surface area contributed by atoms with Gasteiger partial charge in [-0.25, -0.2) is 9.78 Å². The molecular formula is C31H35N7O6. The Kier molecular flexibility index (Phi) is 9.12. The van der Waals surface area contributed by atoms with Gasteiger partial charge in [0.15, 0.2) is 11.5 Å². The first-order chi connectivity index (χ1) is 21.3. The van der Waals surface area contributed by atoms with E-state index in [1.165, 1.54) is 4.90 Å². The first-order valence-corrected chi connectivity index (χ1v) is 14.3. The number of primary amides is 1. The van der Waals surface area contributed by atoms with Crippen LogP contribution in [0.1, 0.15) is 30.1 Å². The lowest BCUT2D eigenvalue weighted by Crippen LogP contribution is -2.43. The van der Waals surface area contributed by atoms with Gasteiger partial charge in [-0.15, -0.1) is 0 Å². The number of likely N-dealkylation sites (tertiary alicyclic amines) is 1. The predicted molar refractivity (Wildman–Crippen MR) is 164 cm³/mol. The van der Waals surface area contributed by atoms with Gasteiger partial charge in [-0.2, -0.15) is 4.98 Å². The van der Waals surface area contributed by atoms with Gasteiger partial charge in [0.1, 0.15) is 17.1 Å². The summed E-state index contributed by atoms with van der Waals surface area (Å²) in [5, 5.41) is 6.63. The lowest BCUT2D eigenvalue weighted by molar-refractivity contribution is -0.160. The Morgan fingerprint density at radius 2 is 1.68 bits per heavy atom. The number of imidazole rings is 1. The standard InChI is InChI=1S/C31H35N7O6/c1-4-44-30(41)29(40)37-12-10-19(11-13-37)17-33-31-36-27(34-21-14-22(42-2)16-23(15-21)43-3)25(26(32)39)28-35-24(18-38(28)31)20-8-6-5-7-9-20/h5-9,14-16,18-19,34H,4,10-13,17H2,1-3H3,(H2,32,39)(H,33,36). The molecule has 0 radical (unpaired) electrons. The number of fused-ring (bicyclic) bond motifs is 1. The number of carbonyl (C=O) groups is 3. The number of nitrogens with zero attached hydrogens (tertiary/aromatic N) is 4. The summed E-state index contributed by atoms with van der Waals surface area (Å²) in [6.45, 7) is 3.25. The number of benzene rings is 2. The molecule has 44 heavy (non-hydrogen) atoms. The Balaban J connectivity index is 1.47. The van der Waals surface area contributed by atoms with E-state index in [0.29, 0.717) is 67.0 Å². The fraction of sp³-hybridized carbons (Fsp3) is 0.323. The first kappa shape index (κ1) is 30.1. The number of esters is 1. The Bertz CT molecular complexity index is 1640. The van der Waals surface area contributed by atoms with Gasteiger partial charge in [-0.05, 0) is 25.7 Å².